The maximum atomic E-state index is 16.0. The van der Waals surface area contributed by atoms with Crippen molar-refractivity contribution in [1.82, 2.24) is 0 Å². The van der Waals surface area contributed by atoms with Crippen LogP contribution in [0.3, 0.4) is 0 Å². The van der Waals surface area contributed by atoms with Gasteiger partial charge in [0.25, 0.3) is 11.4 Å². The zero-order valence-corrected chi connectivity index (χ0v) is 26.1. The molecule has 0 N–H and O–H groups in total. The number of nitro groups is 2. The van der Waals surface area contributed by atoms with Gasteiger partial charge in [-0.25, -0.2) is 17.6 Å². The zero-order valence-electron chi connectivity index (χ0n) is 24.6. The van der Waals surface area contributed by atoms with Crippen molar-refractivity contribution >= 4 is 46.0 Å². The van der Waals surface area contributed by atoms with Gasteiger partial charge in [0.15, 0.2) is 11.6 Å². The van der Waals surface area contributed by atoms with Gasteiger partial charge >= 0.3 is 0 Å². The Bertz CT molecular complexity index is 1610. The minimum atomic E-state index is -1.07. The molecule has 3 aromatic carbocycles. The quantitative estimate of drug-likeness (QED) is 0.146. The molecule has 1 aliphatic carbocycles. The van der Waals surface area contributed by atoms with Gasteiger partial charge in [-0.2, -0.15) is 0 Å². The van der Waals surface area contributed by atoms with Crippen LogP contribution in [0.2, 0.25) is 10.0 Å². The largest absolute Gasteiger partial charge is 0.367 e. The first-order valence-corrected chi connectivity index (χ1v) is 15.9. The van der Waals surface area contributed by atoms with Crippen LogP contribution in [0.5, 0.6) is 0 Å². The van der Waals surface area contributed by atoms with E-state index in [-0.39, 0.29) is 40.8 Å². The third-order valence-electron chi connectivity index (χ3n) is 9.98. The Labute approximate surface area is 272 Å². The summed E-state index contributed by atoms with van der Waals surface area (Å²) in [7, 11) is 0. The van der Waals surface area contributed by atoms with E-state index >= 15 is 17.6 Å². The average molecular weight is 682 g/mol. The van der Waals surface area contributed by atoms with E-state index in [2.05, 4.69) is 0 Å². The topological polar surface area (TPSA) is 92.8 Å². The predicted molar refractivity (Wildman–Crippen MR) is 167 cm³/mol. The van der Waals surface area contributed by atoms with Crippen molar-refractivity contribution in [2.45, 2.75) is 69.9 Å². The van der Waals surface area contributed by atoms with Gasteiger partial charge in [-0.05, 0) is 68.2 Å². The highest BCUT2D eigenvalue weighted by Crippen LogP contribution is 2.51. The van der Waals surface area contributed by atoms with Gasteiger partial charge in [0.05, 0.1) is 21.9 Å². The van der Waals surface area contributed by atoms with Crippen molar-refractivity contribution in [2.24, 2.45) is 5.41 Å². The van der Waals surface area contributed by atoms with Crippen LogP contribution >= 0.6 is 23.2 Å². The third-order valence-corrected chi connectivity index (χ3v) is 10.6. The summed E-state index contributed by atoms with van der Waals surface area (Å²) < 4.78 is 62.8. The van der Waals surface area contributed by atoms with E-state index in [0.717, 1.165) is 74.9 Å². The van der Waals surface area contributed by atoms with Gasteiger partial charge in [0.2, 0.25) is 0 Å². The molecule has 3 aliphatic rings. The molecule has 2 heterocycles. The van der Waals surface area contributed by atoms with Gasteiger partial charge in [-0.3, -0.25) is 20.2 Å². The molecule has 3 aromatic rings. The third kappa shape index (κ3) is 5.85. The Hall–Kier alpha value is -3.64. The van der Waals surface area contributed by atoms with E-state index in [1.54, 1.807) is 4.90 Å². The molecule has 0 aromatic heterocycles. The summed E-state index contributed by atoms with van der Waals surface area (Å²) in [4.78, 5) is 24.8. The molecule has 3 fully saturated rings. The highest BCUT2D eigenvalue weighted by Gasteiger charge is 2.41. The number of anilines is 2. The van der Waals surface area contributed by atoms with Crippen molar-refractivity contribution in [3.05, 3.63) is 101 Å². The van der Waals surface area contributed by atoms with E-state index < -0.39 is 66.6 Å². The van der Waals surface area contributed by atoms with Gasteiger partial charge in [0.1, 0.15) is 27.4 Å². The fourth-order valence-corrected chi connectivity index (χ4v) is 8.13. The lowest BCUT2D eigenvalue weighted by Gasteiger charge is -2.45. The second-order valence-corrected chi connectivity index (χ2v) is 13.3. The van der Waals surface area contributed by atoms with Crippen LogP contribution in [0.15, 0.2) is 36.4 Å². The first-order chi connectivity index (χ1) is 21.9. The fourth-order valence-electron chi connectivity index (χ4n) is 7.69. The molecule has 1 saturated carbocycles. The first-order valence-electron chi connectivity index (χ1n) is 15.2. The van der Waals surface area contributed by atoms with E-state index in [0.29, 0.717) is 13.1 Å². The molecular formula is C32H30Cl2F4N4O4. The second kappa shape index (κ2) is 12.5. The molecule has 46 heavy (non-hydrogen) atoms. The summed E-state index contributed by atoms with van der Waals surface area (Å²) in [6.45, 7) is 0.975. The van der Waals surface area contributed by atoms with Crippen LogP contribution in [-0.2, 0) is 0 Å². The highest BCUT2D eigenvalue weighted by atomic mass is 35.5. The van der Waals surface area contributed by atoms with Gasteiger partial charge in [-0.1, -0.05) is 42.5 Å². The monoisotopic (exact) mass is 680 g/mol. The summed E-state index contributed by atoms with van der Waals surface area (Å²) in [5, 5.41) is 22.4. The number of hydrogen-bond acceptors (Lipinski definition) is 6. The molecule has 6 rings (SSSR count). The number of benzene rings is 3. The minimum Gasteiger partial charge on any atom is -0.367 e. The molecule has 0 bridgehead atoms. The maximum Gasteiger partial charge on any atom is 0.288 e. The molecule has 0 unspecified atom stereocenters. The summed E-state index contributed by atoms with van der Waals surface area (Å²) in [6, 6.07) is 3.50. The first kappa shape index (κ1) is 32.3. The van der Waals surface area contributed by atoms with Crippen molar-refractivity contribution in [3.8, 4) is 0 Å². The standard InChI is InChI=1S/C32H30Cl2F4N4O4/c33-21-16-23(35)19(14-29(21)41(43)44)27-4-5-28(20-15-30(42(45)46)22(34)17-24(20)36)40(27)18-12-25(37)31(26(38)13-18)39-10-8-32(9-11-39)6-2-1-3-7-32/h12-17,27-28H,1-11H2/t27-,28-/m1/s1. The SMILES string of the molecule is O=[N+]([O-])c1cc([C@H]2CC[C@H](c3cc([N+](=O)[O-])c(Cl)cc3F)N2c2cc(F)c(N3CCC4(CCCCC4)CC3)c(F)c2)c(F)cc1Cl. The second-order valence-electron chi connectivity index (χ2n) is 12.5. The van der Waals surface area contributed by atoms with Crippen LogP contribution in [0.4, 0.5) is 40.3 Å². The number of nitro benzene ring substituents is 2. The maximum absolute atomic E-state index is 16.0. The van der Waals surface area contributed by atoms with Crippen LogP contribution in [-0.4, -0.2) is 22.9 Å². The van der Waals surface area contributed by atoms with Crippen molar-refractivity contribution < 1.29 is 27.4 Å². The number of piperidine rings is 1. The average Bonchev–Trinajstić information content (AvgIpc) is 3.42. The van der Waals surface area contributed by atoms with Crippen LogP contribution in [0.1, 0.15) is 81.0 Å². The molecule has 2 atom stereocenters. The van der Waals surface area contributed by atoms with E-state index in [9.17, 15) is 20.2 Å². The van der Waals surface area contributed by atoms with E-state index in [1.807, 2.05) is 0 Å². The molecule has 0 amide bonds. The van der Waals surface area contributed by atoms with Crippen molar-refractivity contribution in [2.75, 3.05) is 22.9 Å². The molecule has 1 spiro atoms. The van der Waals surface area contributed by atoms with Gasteiger partial charge < -0.3 is 9.80 Å². The molecular weight excluding hydrogens is 651 g/mol. The van der Waals surface area contributed by atoms with E-state index in [4.69, 9.17) is 23.2 Å². The molecule has 2 saturated heterocycles. The van der Waals surface area contributed by atoms with Gasteiger partial charge in [0, 0.05) is 42.0 Å². The Balaban J connectivity index is 1.42. The summed E-state index contributed by atoms with van der Waals surface area (Å²) in [5.74, 6) is -3.55. The smallest absolute Gasteiger partial charge is 0.288 e. The molecule has 0 radical (unpaired) electrons. The molecule has 8 nitrogen and oxygen atoms in total. The minimum absolute atomic E-state index is 0.0649. The lowest BCUT2D eigenvalue weighted by Crippen LogP contribution is -2.41. The van der Waals surface area contributed by atoms with E-state index in [1.165, 1.54) is 11.3 Å². The molecule has 14 heteroatoms. The van der Waals surface area contributed by atoms with Crippen LogP contribution < -0.4 is 9.80 Å². The summed E-state index contributed by atoms with van der Waals surface area (Å²) >= 11 is 11.8. The Morgan fingerprint density at radius 1 is 0.674 bits per heavy atom. The number of halogens is 6. The number of nitrogens with zero attached hydrogens (tertiary/aromatic N) is 4. The van der Waals surface area contributed by atoms with Gasteiger partial charge in [-0.15, -0.1) is 0 Å². The van der Waals surface area contributed by atoms with Crippen LogP contribution in [0.25, 0.3) is 0 Å². The normalized spacial score (nSPS) is 21.2. The lowest BCUT2D eigenvalue weighted by atomic mass is 9.68. The molecule has 244 valence electrons. The lowest BCUT2D eigenvalue weighted by molar-refractivity contribution is -0.384. The summed E-state index contributed by atoms with van der Waals surface area (Å²) in [6.07, 6.45) is 7.53. The highest BCUT2D eigenvalue weighted by molar-refractivity contribution is 6.33. The molecule has 2 aliphatic heterocycles. The zero-order chi connectivity index (χ0) is 32.9. The van der Waals surface area contributed by atoms with Crippen molar-refractivity contribution in [3.63, 3.8) is 0 Å². The summed E-state index contributed by atoms with van der Waals surface area (Å²) in [5.41, 5.74) is -1.62. The number of hydrogen-bond donors (Lipinski definition) is 0. The Morgan fingerprint density at radius 3 is 1.57 bits per heavy atom. The number of rotatable bonds is 6. The Kier molecular flexibility index (Phi) is 8.79. The predicted octanol–water partition coefficient (Wildman–Crippen LogP) is 10.00. The fraction of sp³-hybridized carbons (Fsp3) is 0.438. The van der Waals surface area contributed by atoms with Crippen LogP contribution in [0, 0.1) is 48.9 Å². The van der Waals surface area contributed by atoms with Crippen molar-refractivity contribution in [1.29, 1.82) is 0 Å². The Morgan fingerprint density at radius 2 is 1.13 bits per heavy atom.